The molecule has 15 heavy (non-hydrogen) atoms. The lowest BCUT2D eigenvalue weighted by atomic mass is 10.0. The first-order valence-corrected chi connectivity index (χ1v) is 5.71. The lowest BCUT2D eigenvalue weighted by Gasteiger charge is -2.17. The first-order chi connectivity index (χ1) is 7.13. The molecule has 1 nitrogen and oxygen atoms in total. The van der Waals surface area contributed by atoms with Crippen LogP contribution in [0.3, 0.4) is 0 Å². The topological polar surface area (TPSA) is 12.0 Å². The monoisotopic (exact) mass is 243 g/mol. The van der Waals surface area contributed by atoms with Crippen LogP contribution in [0.25, 0.3) is 0 Å². The van der Waals surface area contributed by atoms with E-state index >= 15 is 0 Å². The van der Waals surface area contributed by atoms with Crippen LogP contribution in [0.4, 0.5) is 0 Å². The predicted octanol–water partition coefficient (Wildman–Crippen LogP) is 4.13. The van der Waals surface area contributed by atoms with Crippen molar-refractivity contribution in [3.8, 4) is 0 Å². The molecule has 1 atom stereocenters. The van der Waals surface area contributed by atoms with E-state index in [-0.39, 0.29) is 6.04 Å². The van der Waals surface area contributed by atoms with Crippen LogP contribution in [0.1, 0.15) is 24.9 Å². The summed E-state index contributed by atoms with van der Waals surface area (Å²) in [4.78, 5) is 0. The quantitative estimate of drug-likeness (QED) is 0.820. The van der Waals surface area contributed by atoms with Crippen LogP contribution >= 0.6 is 23.2 Å². The van der Waals surface area contributed by atoms with E-state index in [1.807, 2.05) is 18.2 Å². The van der Waals surface area contributed by atoms with Gasteiger partial charge in [-0.15, -0.1) is 0 Å². The fourth-order valence-corrected chi connectivity index (χ4v) is 1.73. The van der Waals surface area contributed by atoms with Crippen molar-refractivity contribution in [1.29, 1.82) is 0 Å². The van der Waals surface area contributed by atoms with Gasteiger partial charge in [-0.3, -0.25) is 0 Å². The van der Waals surface area contributed by atoms with Gasteiger partial charge in [-0.1, -0.05) is 48.8 Å². The summed E-state index contributed by atoms with van der Waals surface area (Å²) >= 11 is 11.7. The van der Waals surface area contributed by atoms with Crippen LogP contribution in [0.2, 0.25) is 5.02 Å². The molecule has 1 rings (SSSR count). The van der Waals surface area contributed by atoms with Gasteiger partial charge >= 0.3 is 0 Å². The maximum Gasteiger partial charge on any atom is 0.0409 e. The Morgan fingerprint density at radius 1 is 1.53 bits per heavy atom. The summed E-state index contributed by atoms with van der Waals surface area (Å²) in [6, 6.07) is 8.14. The molecule has 3 heteroatoms. The van der Waals surface area contributed by atoms with Gasteiger partial charge in [0.2, 0.25) is 0 Å². The van der Waals surface area contributed by atoms with Crippen LogP contribution in [0, 0.1) is 0 Å². The third kappa shape index (κ3) is 4.25. The molecule has 0 aromatic heterocycles. The minimum absolute atomic E-state index is 0.277. The molecular weight excluding hydrogens is 229 g/mol. The van der Waals surface area contributed by atoms with Gasteiger partial charge in [0, 0.05) is 22.6 Å². The zero-order valence-electron chi connectivity index (χ0n) is 8.76. The zero-order chi connectivity index (χ0) is 11.3. The molecule has 1 aromatic carbocycles. The molecule has 0 bridgehead atoms. The van der Waals surface area contributed by atoms with E-state index in [0.717, 1.165) is 11.4 Å². The average molecular weight is 244 g/mol. The third-order valence-electron chi connectivity index (χ3n) is 2.20. The van der Waals surface area contributed by atoms with E-state index in [9.17, 15) is 0 Å². The molecule has 0 fully saturated rings. The van der Waals surface area contributed by atoms with Crippen molar-refractivity contribution < 1.29 is 0 Å². The number of nitrogens with one attached hydrogen (secondary N) is 1. The molecule has 1 aromatic rings. The molecule has 1 N–H and O–H groups in total. The summed E-state index contributed by atoms with van der Waals surface area (Å²) < 4.78 is 0. The van der Waals surface area contributed by atoms with Gasteiger partial charge in [0.05, 0.1) is 0 Å². The van der Waals surface area contributed by atoms with Crippen LogP contribution in [0.15, 0.2) is 35.9 Å². The summed E-state index contributed by atoms with van der Waals surface area (Å²) in [5.74, 6) is 0. The van der Waals surface area contributed by atoms with Crippen LogP contribution in [-0.2, 0) is 0 Å². The molecule has 0 aliphatic carbocycles. The van der Waals surface area contributed by atoms with Gasteiger partial charge in [-0.25, -0.2) is 0 Å². The normalized spacial score (nSPS) is 12.5. The molecule has 0 radical (unpaired) electrons. The maximum absolute atomic E-state index is 5.94. The molecule has 1 unspecified atom stereocenters. The van der Waals surface area contributed by atoms with Gasteiger partial charge < -0.3 is 5.32 Å². The Bertz CT molecular complexity index is 336. The number of hydrogen-bond donors (Lipinski definition) is 1. The summed E-state index contributed by atoms with van der Waals surface area (Å²) in [6.07, 6.45) is 0.991. The molecule has 0 saturated heterocycles. The van der Waals surface area contributed by atoms with Gasteiger partial charge in [0.15, 0.2) is 0 Å². The van der Waals surface area contributed by atoms with Crippen molar-refractivity contribution in [2.24, 2.45) is 0 Å². The number of rotatable bonds is 5. The van der Waals surface area contributed by atoms with Crippen molar-refractivity contribution in [2.75, 3.05) is 6.54 Å². The summed E-state index contributed by atoms with van der Waals surface area (Å²) in [7, 11) is 0. The molecule has 0 spiro atoms. The Kier molecular flexibility index (Phi) is 5.16. The summed E-state index contributed by atoms with van der Waals surface area (Å²) in [5.41, 5.74) is 1.18. The average Bonchev–Trinajstić information content (AvgIpc) is 2.18. The Labute approximate surface area is 101 Å². The largest absolute Gasteiger partial charge is 0.305 e. The van der Waals surface area contributed by atoms with Gasteiger partial charge in [-0.05, 0) is 24.1 Å². The van der Waals surface area contributed by atoms with E-state index in [1.54, 1.807) is 0 Å². The lowest BCUT2D eigenvalue weighted by Crippen LogP contribution is -2.21. The minimum atomic E-state index is 0.277. The summed E-state index contributed by atoms with van der Waals surface area (Å²) in [6.45, 7) is 6.39. The van der Waals surface area contributed by atoms with Crippen molar-refractivity contribution in [3.05, 3.63) is 46.5 Å². The summed E-state index contributed by atoms with van der Waals surface area (Å²) in [5, 5.41) is 4.70. The van der Waals surface area contributed by atoms with Crippen molar-refractivity contribution in [1.82, 2.24) is 5.32 Å². The first kappa shape index (κ1) is 12.6. The SMILES string of the molecule is C=C(Cl)CNC(CC)c1cccc(Cl)c1. The minimum Gasteiger partial charge on any atom is -0.305 e. The lowest BCUT2D eigenvalue weighted by molar-refractivity contribution is 0.549. The fourth-order valence-electron chi connectivity index (χ4n) is 1.46. The van der Waals surface area contributed by atoms with Crippen LogP contribution < -0.4 is 5.32 Å². The van der Waals surface area contributed by atoms with Crippen LogP contribution in [-0.4, -0.2) is 6.54 Å². The Hall–Kier alpha value is -0.500. The van der Waals surface area contributed by atoms with Gasteiger partial charge in [-0.2, -0.15) is 0 Å². The number of halogens is 2. The molecule has 0 heterocycles. The van der Waals surface area contributed by atoms with Crippen molar-refractivity contribution >= 4 is 23.2 Å². The molecule has 82 valence electrons. The van der Waals surface area contributed by atoms with E-state index in [1.165, 1.54) is 5.56 Å². The Morgan fingerprint density at radius 2 is 2.27 bits per heavy atom. The maximum atomic E-state index is 5.94. The highest BCUT2D eigenvalue weighted by molar-refractivity contribution is 6.30. The zero-order valence-corrected chi connectivity index (χ0v) is 10.3. The van der Waals surface area contributed by atoms with Crippen molar-refractivity contribution in [2.45, 2.75) is 19.4 Å². The third-order valence-corrected chi connectivity index (χ3v) is 2.57. The van der Waals surface area contributed by atoms with Gasteiger partial charge in [0.1, 0.15) is 0 Å². The number of benzene rings is 1. The second kappa shape index (κ2) is 6.16. The highest BCUT2D eigenvalue weighted by Gasteiger charge is 2.08. The molecular formula is C12H15Cl2N. The van der Waals surface area contributed by atoms with Crippen molar-refractivity contribution in [3.63, 3.8) is 0 Å². The van der Waals surface area contributed by atoms with E-state index in [4.69, 9.17) is 23.2 Å². The molecule has 0 aliphatic rings. The van der Waals surface area contributed by atoms with E-state index in [2.05, 4.69) is 24.9 Å². The molecule has 0 aliphatic heterocycles. The van der Waals surface area contributed by atoms with Crippen LogP contribution in [0.5, 0.6) is 0 Å². The second-order valence-electron chi connectivity index (χ2n) is 3.41. The molecule has 0 amide bonds. The first-order valence-electron chi connectivity index (χ1n) is 4.95. The number of hydrogen-bond acceptors (Lipinski definition) is 1. The second-order valence-corrected chi connectivity index (χ2v) is 4.38. The Morgan fingerprint density at radius 3 is 2.80 bits per heavy atom. The fraction of sp³-hybridized carbons (Fsp3) is 0.333. The van der Waals surface area contributed by atoms with E-state index < -0.39 is 0 Å². The van der Waals surface area contributed by atoms with Gasteiger partial charge in [0.25, 0.3) is 0 Å². The smallest absolute Gasteiger partial charge is 0.0409 e. The highest BCUT2D eigenvalue weighted by Crippen LogP contribution is 2.20. The Balaban J connectivity index is 2.69. The standard InChI is InChI=1S/C12H15Cl2N/c1-3-12(15-8-9(2)13)10-5-4-6-11(14)7-10/h4-7,12,15H,2-3,8H2,1H3. The molecule has 0 saturated carbocycles. The highest BCUT2D eigenvalue weighted by atomic mass is 35.5. The predicted molar refractivity (Wildman–Crippen MR) is 67.5 cm³/mol. The van der Waals surface area contributed by atoms with E-state index in [0.29, 0.717) is 11.6 Å².